The minimum atomic E-state index is -3.85. The SMILES string of the molecule is Cc1cccc(C#N)c1S(=O)(=O)N1CCN(C(=O)c2cccc3ccncc23)[C@@H](C)C1. The highest BCUT2D eigenvalue weighted by atomic mass is 32.2. The molecule has 1 atom stereocenters. The molecule has 31 heavy (non-hydrogen) atoms. The van der Waals surface area contributed by atoms with Crippen LogP contribution in [0, 0.1) is 18.3 Å². The Kier molecular flexibility index (Phi) is 5.48. The van der Waals surface area contributed by atoms with Gasteiger partial charge in [-0.15, -0.1) is 0 Å². The number of benzene rings is 2. The lowest BCUT2D eigenvalue weighted by Crippen LogP contribution is -2.55. The summed E-state index contributed by atoms with van der Waals surface area (Å²) in [5.41, 5.74) is 1.22. The van der Waals surface area contributed by atoms with Crippen molar-refractivity contribution in [3.05, 3.63) is 71.5 Å². The quantitative estimate of drug-likeness (QED) is 0.632. The Morgan fingerprint density at radius 2 is 1.94 bits per heavy atom. The van der Waals surface area contributed by atoms with Crippen molar-refractivity contribution in [3.63, 3.8) is 0 Å². The summed E-state index contributed by atoms with van der Waals surface area (Å²) in [5.74, 6) is -0.142. The molecule has 0 aliphatic carbocycles. The van der Waals surface area contributed by atoms with E-state index in [0.717, 1.165) is 10.8 Å². The number of aryl methyl sites for hydroxylation is 1. The van der Waals surface area contributed by atoms with Gasteiger partial charge in [0.15, 0.2) is 0 Å². The summed E-state index contributed by atoms with van der Waals surface area (Å²) >= 11 is 0. The van der Waals surface area contributed by atoms with Gasteiger partial charge in [0.1, 0.15) is 11.0 Å². The first-order chi connectivity index (χ1) is 14.8. The van der Waals surface area contributed by atoms with Gasteiger partial charge in [-0.1, -0.05) is 24.3 Å². The molecule has 0 radical (unpaired) electrons. The summed E-state index contributed by atoms with van der Waals surface area (Å²) < 4.78 is 28.0. The first-order valence-corrected chi connectivity index (χ1v) is 11.4. The monoisotopic (exact) mass is 434 g/mol. The Morgan fingerprint density at radius 1 is 1.16 bits per heavy atom. The maximum Gasteiger partial charge on any atom is 0.254 e. The number of nitrogens with zero attached hydrogens (tertiary/aromatic N) is 4. The summed E-state index contributed by atoms with van der Waals surface area (Å²) in [5, 5.41) is 11.1. The zero-order chi connectivity index (χ0) is 22.2. The van der Waals surface area contributed by atoms with Crippen LogP contribution in [0.15, 0.2) is 59.8 Å². The Bertz CT molecular complexity index is 1310. The van der Waals surface area contributed by atoms with E-state index in [4.69, 9.17) is 0 Å². The van der Waals surface area contributed by atoms with Crippen LogP contribution in [0.25, 0.3) is 10.8 Å². The highest BCUT2D eigenvalue weighted by Gasteiger charge is 2.36. The predicted molar refractivity (Wildman–Crippen MR) is 117 cm³/mol. The molecule has 0 bridgehead atoms. The number of hydrogen-bond donors (Lipinski definition) is 0. The van der Waals surface area contributed by atoms with Gasteiger partial charge in [0.2, 0.25) is 10.0 Å². The molecule has 3 aromatic rings. The number of fused-ring (bicyclic) bond motifs is 1. The van der Waals surface area contributed by atoms with Crippen LogP contribution in [0.3, 0.4) is 0 Å². The lowest BCUT2D eigenvalue weighted by Gasteiger charge is -2.39. The summed E-state index contributed by atoms with van der Waals surface area (Å²) in [6, 6.07) is 13.9. The predicted octanol–water partition coefficient (Wildman–Crippen LogP) is 2.95. The Hall–Kier alpha value is -3.28. The third-order valence-electron chi connectivity index (χ3n) is 5.70. The molecule has 1 fully saturated rings. The lowest BCUT2D eigenvalue weighted by molar-refractivity contribution is 0.0593. The van der Waals surface area contributed by atoms with E-state index < -0.39 is 10.0 Å². The number of carbonyl (C=O) groups is 1. The van der Waals surface area contributed by atoms with Gasteiger partial charge in [-0.25, -0.2) is 8.42 Å². The van der Waals surface area contributed by atoms with E-state index >= 15 is 0 Å². The van der Waals surface area contributed by atoms with E-state index in [-0.39, 0.29) is 42.0 Å². The molecule has 1 aliphatic rings. The Morgan fingerprint density at radius 3 is 2.68 bits per heavy atom. The molecule has 0 N–H and O–H groups in total. The van der Waals surface area contributed by atoms with Crippen molar-refractivity contribution in [3.8, 4) is 6.07 Å². The van der Waals surface area contributed by atoms with Crippen molar-refractivity contribution in [2.75, 3.05) is 19.6 Å². The second-order valence-corrected chi connectivity index (χ2v) is 9.55. The van der Waals surface area contributed by atoms with Crippen LogP contribution < -0.4 is 0 Å². The van der Waals surface area contributed by atoms with Crippen LogP contribution in [0.2, 0.25) is 0 Å². The number of sulfonamides is 1. The van der Waals surface area contributed by atoms with Crippen molar-refractivity contribution in [1.29, 1.82) is 5.26 Å². The molecule has 1 saturated heterocycles. The first-order valence-electron chi connectivity index (χ1n) is 9.98. The molecule has 0 saturated carbocycles. The zero-order valence-electron chi connectivity index (χ0n) is 17.3. The van der Waals surface area contributed by atoms with Gasteiger partial charge in [-0.3, -0.25) is 9.78 Å². The van der Waals surface area contributed by atoms with Gasteiger partial charge < -0.3 is 4.90 Å². The number of carbonyl (C=O) groups excluding carboxylic acids is 1. The molecule has 4 rings (SSSR count). The summed E-state index contributed by atoms with van der Waals surface area (Å²) in [7, 11) is -3.85. The molecule has 8 heteroatoms. The molecular formula is C23H22N4O3S. The van der Waals surface area contributed by atoms with Crippen LogP contribution >= 0.6 is 0 Å². The number of aromatic nitrogens is 1. The topological polar surface area (TPSA) is 94.4 Å². The van der Waals surface area contributed by atoms with Gasteiger partial charge in [-0.2, -0.15) is 9.57 Å². The molecule has 1 aliphatic heterocycles. The molecule has 2 aromatic carbocycles. The molecule has 7 nitrogen and oxygen atoms in total. The average molecular weight is 435 g/mol. The van der Waals surface area contributed by atoms with Gasteiger partial charge in [0.05, 0.1) is 5.56 Å². The maximum absolute atomic E-state index is 13.3. The van der Waals surface area contributed by atoms with Crippen molar-refractivity contribution in [1.82, 2.24) is 14.2 Å². The zero-order valence-corrected chi connectivity index (χ0v) is 18.1. The first kappa shape index (κ1) is 21.0. The normalized spacial score (nSPS) is 17.5. The highest BCUT2D eigenvalue weighted by Crippen LogP contribution is 2.27. The molecule has 0 spiro atoms. The van der Waals surface area contributed by atoms with Crippen LogP contribution in [0.4, 0.5) is 0 Å². The van der Waals surface area contributed by atoms with E-state index in [1.807, 2.05) is 31.2 Å². The lowest BCUT2D eigenvalue weighted by atomic mass is 10.0. The maximum atomic E-state index is 13.3. The van der Waals surface area contributed by atoms with E-state index in [2.05, 4.69) is 4.98 Å². The van der Waals surface area contributed by atoms with Crippen LogP contribution in [0.5, 0.6) is 0 Å². The van der Waals surface area contributed by atoms with Crippen LogP contribution in [-0.2, 0) is 10.0 Å². The minimum absolute atomic E-state index is 0.0459. The van der Waals surface area contributed by atoms with E-state index in [9.17, 15) is 18.5 Å². The van der Waals surface area contributed by atoms with E-state index in [1.165, 1.54) is 10.4 Å². The molecule has 0 unspecified atom stereocenters. The molecular weight excluding hydrogens is 412 g/mol. The van der Waals surface area contributed by atoms with Crippen LogP contribution in [0.1, 0.15) is 28.4 Å². The van der Waals surface area contributed by atoms with E-state index in [1.54, 1.807) is 42.4 Å². The third kappa shape index (κ3) is 3.67. The molecule has 1 amide bonds. The van der Waals surface area contributed by atoms with Gasteiger partial charge >= 0.3 is 0 Å². The number of pyridine rings is 1. The second-order valence-electron chi connectivity index (χ2n) is 7.68. The Labute approximate surface area is 181 Å². The Balaban J connectivity index is 1.61. The van der Waals surface area contributed by atoms with Crippen LogP contribution in [-0.4, -0.2) is 54.2 Å². The smallest absolute Gasteiger partial charge is 0.254 e. The fraction of sp³-hybridized carbons (Fsp3) is 0.261. The van der Waals surface area contributed by atoms with Crippen molar-refractivity contribution < 1.29 is 13.2 Å². The fourth-order valence-electron chi connectivity index (χ4n) is 4.11. The number of rotatable bonds is 3. The van der Waals surface area contributed by atoms with Crippen molar-refractivity contribution >= 4 is 26.7 Å². The molecule has 158 valence electrons. The van der Waals surface area contributed by atoms with Crippen molar-refractivity contribution in [2.24, 2.45) is 0 Å². The molecule has 1 aromatic heterocycles. The van der Waals surface area contributed by atoms with Gasteiger partial charge in [0.25, 0.3) is 5.91 Å². The highest BCUT2D eigenvalue weighted by molar-refractivity contribution is 7.89. The largest absolute Gasteiger partial charge is 0.333 e. The molecule has 2 heterocycles. The average Bonchev–Trinajstić information content (AvgIpc) is 2.77. The fourth-order valence-corrected chi connectivity index (χ4v) is 5.97. The summed E-state index contributed by atoms with van der Waals surface area (Å²) in [4.78, 5) is 19.2. The van der Waals surface area contributed by atoms with Crippen molar-refractivity contribution in [2.45, 2.75) is 24.8 Å². The minimum Gasteiger partial charge on any atom is -0.333 e. The number of nitriles is 1. The number of hydrogen-bond acceptors (Lipinski definition) is 5. The van der Waals surface area contributed by atoms with Gasteiger partial charge in [0, 0.05) is 49.0 Å². The summed E-state index contributed by atoms with van der Waals surface area (Å²) in [6.07, 6.45) is 3.36. The summed E-state index contributed by atoms with van der Waals surface area (Å²) in [6.45, 7) is 4.12. The second kappa shape index (κ2) is 8.10. The number of amides is 1. The van der Waals surface area contributed by atoms with E-state index in [0.29, 0.717) is 11.1 Å². The number of piperazine rings is 1. The third-order valence-corrected chi connectivity index (χ3v) is 7.76. The standard InChI is InChI=1S/C23H22N4O3S/c1-16-5-3-7-19(13-24)22(16)31(29,30)26-11-12-27(17(2)15-26)23(28)20-8-4-6-18-9-10-25-14-21(18)20/h3-10,14,17H,11-12,15H2,1-2H3/t17-/m0/s1. The van der Waals surface area contributed by atoms with Gasteiger partial charge in [-0.05, 0) is 43.0 Å².